The Balaban J connectivity index is 0.993. The summed E-state index contributed by atoms with van der Waals surface area (Å²) in [7, 11) is 2.57. The number of benzene rings is 2. The molecule has 2 aromatic carbocycles. The molecule has 17 nitrogen and oxygen atoms in total. The molecule has 6 aromatic rings. The van der Waals surface area contributed by atoms with E-state index in [0.717, 1.165) is 53.3 Å². The zero-order valence-corrected chi connectivity index (χ0v) is 34.5. The molecule has 2 fully saturated rings. The predicted octanol–water partition coefficient (Wildman–Crippen LogP) is 6.20. The van der Waals surface area contributed by atoms with Gasteiger partial charge in [0.1, 0.15) is 23.4 Å². The lowest BCUT2D eigenvalue weighted by Crippen LogP contribution is -2.51. The first kappa shape index (κ1) is 40.1. The van der Waals surface area contributed by atoms with Crippen molar-refractivity contribution >= 4 is 57.2 Å². The van der Waals surface area contributed by atoms with Gasteiger partial charge < -0.3 is 39.9 Å². The first-order valence-corrected chi connectivity index (χ1v) is 20.3. The monoisotopic (exact) mass is 815 g/mol. The van der Waals surface area contributed by atoms with Crippen molar-refractivity contribution in [3.05, 3.63) is 66.4 Å². The van der Waals surface area contributed by atoms with E-state index < -0.39 is 24.3 Å². The van der Waals surface area contributed by atoms with Gasteiger partial charge in [0.2, 0.25) is 11.8 Å². The number of amides is 4. The number of likely N-dealkylation sites (tertiary alicyclic amines) is 2. The standard InChI is InChI=1S/C43H49N11O6/c1-22(2)34(49-42(57)59-5)40(55)53-15-7-9-32(53)28-19-29-36(46-28)47-30(20-44-29)26-13-11-25-18-27(14-12-24(25)17-26)31-21-45-38-39(48-31)52-37(51-38)33-10-8-16-54(33)41(56)35(23(3)4)50-43(58)60-6/h11-14,17-23,32-35H,7-10,15-16H2,1-6H3,(H,46,47)(H,49,57)(H,50,58)(H,45,48,51,52)/t32-,33-,34+,35+/m1/s1. The molecule has 0 aliphatic carbocycles. The first-order valence-electron chi connectivity index (χ1n) is 20.3. The Bertz CT molecular complexity index is 2430. The average Bonchev–Trinajstić information content (AvgIpc) is 4.08. The third-order valence-corrected chi connectivity index (χ3v) is 11.5. The molecule has 312 valence electrons. The molecule has 2 saturated heterocycles. The fourth-order valence-corrected chi connectivity index (χ4v) is 8.33. The van der Waals surface area contributed by atoms with Gasteiger partial charge in [-0.3, -0.25) is 14.6 Å². The molecule has 4 aromatic heterocycles. The van der Waals surface area contributed by atoms with Gasteiger partial charge in [-0.1, -0.05) is 52.0 Å². The normalized spacial score (nSPS) is 17.8. The fourth-order valence-electron chi connectivity index (χ4n) is 8.33. The van der Waals surface area contributed by atoms with E-state index in [1.165, 1.54) is 14.2 Å². The third-order valence-electron chi connectivity index (χ3n) is 11.5. The van der Waals surface area contributed by atoms with Crippen LogP contribution in [0.4, 0.5) is 9.59 Å². The number of methoxy groups -OCH3 is 2. The minimum absolute atomic E-state index is 0.118. The zero-order chi connectivity index (χ0) is 42.2. The number of alkyl carbamates (subject to hydrolysis) is 2. The van der Waals surface area contributed by atoms with E-state index in [9.17, 15) is 19.2 Å². The molecule has 4 amide bonds. The lowest BCUT2D eigenvalue weighted by Gasteiger charge is -2.30. The molecule has 17 heteroatoms. The number of carbonyl (C=O) groups is 4. The maximum Gasteiger partial charge on any atom is 0.407 e. The van der Waals surface area contributed by atoms with E-state index in [-0.39, 0.29) is 35.7 Å². The summed E-state index contributed by atoms with van der Waals surface area (Å²) in [6.45, 7) is 8.70. The van der Waals surface area contributed by atoms with Crippen molar-refractivity contribution < 1.29 is 28.7 Å². The minimum Gasteiger partial charge on any atom is -0.453 e. The summed E-state index contributed by atoms with van der Waals surface area (Å²) in [6, 6.07) is 12.3. The van der Waals surface area contributed by atoms with Crippen molar-refractivity contribution in [2.75, 3.05) is 27.3 Å². The summed E-state index contributed by atoms with van der Waals surface area (Å²) in [5.41, 5.74) is 6.33. The molecule has 0 radical (unpaired) electrons. The highest BCUT2D eigenvalue weighted by atomic mass is 16.5. The topological polar surface area (TPSA) is 213 Å². The molecule has 2 aliphatic rings. The number of fused-ring (bicyclic) bond motifs is 3. The van der Waals surface area contributed by atoms with E-state index in [4.69, 9.17) is 29.4 Å². The number of nitrogens with zero attached hydrogens (tertiary/aromatic N) is 7. The molecular weight excluding hydrogens is 767 g/mol. The molecule has 0 bridgehead atoms. The van der Waals surface area contributed by atoms with Gasteiger partial charge in [0, 0.05) is 29.9 Å². The fraction of sp³-hybridized carbons (Fsp3) is 0.419. The first-order chi connectivity index (χ1) is 28.9. The van der Waals surface area contributed by atoms with Crippen LogP contribution in [0.3, 0.4) is 0 Å². The molecule has 0 saturated carbocycles. The Labute approximate surface area is 346 Å². The van der Waals surface area contributed by atoms with Gasteiger partial charge in [0.15, 0.2) is 16.9 Å². The molecule has 8 rings (SSSR count). The maximum absolute atomic E-state index is 13.7. The lowest BCUT2D eigenvalue weighted by molar-refractivity contribution is -0.136. The summed E-state index contributed by atoms with van der Waals surface area (Å²) >= 11 is 0. The maximum atomic E-state index is 13.7. The van der Waals surface area contributed by atoms with E-state index >= 15 is 0 Å². The second-order valence-corrected chi connectivity index (χ2v) is 16.1. The van der Waals surface area contributed by atoms with Crippen molar-refractivity contribution in [1.29, 1.82) is 0 Å². The Hall–Kier alpha value is -6.65. The molecular formula is C43H49N11O6. The van der Waals surface area contributed by atoms with Crippen LogP contribution in [0.1, 0.15) is 77.0 Å². The third kappa shape index (κ3) is 7.78. The van der Waals surface area contributed by atoms with Crippen LogP contribution in [0, 0.1) is 11.8 Å². The van der Waals surface area contributed by atoms with Crippen molar-refractivity contribution in [2.24, 2.45) is 11.8 Å². The number of hydrogen-bond acceptors (Lipinski definition) is 11. The summed E-state index contributed by atoms with van der Waals surface area (Å²) < 4.78 is 9.54. The van der Waals surface area contributed by atoms with Gasteiger partial charge in [0.05, 0.1) is 50.1 Å². The summed E-state index contributed by atoms with van der Waals surface area (Å²) in [5.74, 6) is 0.0279. The molecule has 4 N–H and O–H groups in total. The van der Waals surface area contributed by atoms with Crippen molar-refractivity contribution in [2.45, 2.75) is 77.5 Å². The predicted molar refractivity (Wildman–Crippen MR) is 223 cm³/mol. The van der Waals surface area contributed by atoms with E-state index in [2.05, 4.69) is 37.7 Å². The molecule has 6 heterocycles. The van der Waals surface area contributed by atoms with Crippen LogP contribution in [-0.2, 0) is 19.1 Å². The van der Waals surface area contributed by atoms with Gasteiger partial charge in [-0.25, -0.2) is 29.5 Å². The molecule has 60 heavy (non-hydrogen) atoms. The Morgan fingerprint density at radius 3 is 1.78 bits per heavy atom. The average molecular weight is 816 g/mol. The Morgan fingerprint density at radius 1 is 0.683 bits per heavy atom. The van der Waals surface area contributed by atoms with Gasteiger partial charge in [-0.2, -0.15) is 0 Å². The summed E-state index contributed by atoms with van der Waals surface area (Å²) in [6.07, 6.45) is 5.33. The number of rotatable bonds is 10. The van der Waals surface area contributed by atoms with Crippen molar-refractivity contribution in [3.8, 4) is 22.5 Å². The highest BCUT2D eigenvalue weighted by Gasteiger charge is 2.39. The summed E-state index contributed by atoms with van der Waals surface area (Å²) in [5, 5.41) is 7.40. The molecule has 0 spiro atoms. The number of carbonyl (C=O) groups excluding carboxylic acids is 4. The minimum atomic E-state index is -0.727. The number of aromatic nitrogens is 7. The quantitative estimate of drug-likeness (QED) is 0.122. The van der Waals surface area contributed by atoms with Gasteiger partial charge in [-0.15, -0.1) is 0 Å². The number of hydrogen-bond donors (Lipinski definition) is 4. The van der Waals surface area contributed by atoms with Gasteiger partial charge >= 0.3 is 12.2 Å². The van der Waals surface area contributed by atoms with Crippen LogP contribution >= 0.6 is 0 Å². The number of aromatic amines is 2. The molecule has 2 aliphatic heterocycles. The number of nitrogens with one attached hydrogen (secondary N) is 4. The molecule has 0 unspecified atom stereocenters. The second-order valence-electron chi connectivity index (χ2n) is 16.1. The largest absolute Gasteiger partial charge is 0.453 e. The SMILES string of the molecule is COC(=O)N[C@H](C(=O)N1CCC[C@@H]1c1cc2ncc(-c3ccc4cc(-c5cnc6nc([C@H]7CCCN7C(=O)[C@@H](NC(=O)OC)C(C)C)[nH]c6n5)ccc4c3)nc2[nH]1)C(C)C. The van der Waals surface area contributed by atoms with Gasteiger partial charge in [-0.05, 0) is 66.5 Å². The van der Waals surface area contributed by atoms with Crippen molar-refractivity contribution in [3.63, 3.8) is 0 Å². The van der Waals surface area contributed by atoms with Crippen LogP contribution in [0.25, 0.3) is 55.7 Å². The Kier molecular flexibility index (Phi) is 11.1. The van der Waals surface area contributed by atoms with E-state index in [0.29, 0.717) is 52.8 Å². The number of imidazole rings is 1. The van der Waals surface area contributed by atoms with E-state index in [1.807, 2.05) is 62.9 Å². The van der Waals surface area contributed by atoms with Crippen LogP contribution in [0.5, 0.6) is 0 Å². The molecule has 4 atom stereocenters. The van der Waals surface area contributed by atoms with E-state index in [1.54, 1.807) is 17.3 Å². The van der Waals surface area contributed by atoms with Crippen LogP contribution in [-0.4, -0.2) is 108 Å². The highest BCUT2D eigenvalue weighted by Crippen LogP contribution is 2.36. The van der Waals surface area contributed by atoms with Gasteiger partial charge in [0.25, 0.3) is 0 Å². The van der Waals surface area contributed by atoms with Crippen LogP contribution in [0.15, 0.2) is 54.9 Å². The number of H-pyrrole nitrogens is 2. The zero-order valence-electron chi connectivity index (χ0n) is 34.5. The van der Waals surface area contributed by atoms with Crippen LogP contribution in [0.2, 0.25) is 0 Å². The summed E-state index contributed by atoms with van der Waals surface area (Å²) in [4.78, 5) is 85.5. The number of ether oxygens (including phenoxy) is 2. The highest BCUT2D eigenvalue weighted by molar-refractivity contribution is 5.91. The smallest absolute Gasteiger partial charge is 0.407 e. The lowest BCUT2D eigenvalue weighted by atomic mass is 10.0. The van der Waals surface area contributed by atoms with Crippen molar-refractivity contribution in [1.82, 2.24) is 55.3 Å². The second kappa shape index (κ2) is 16.5. The Morgan fingerprint density at radius 2 is 1.22 bits per heavy atom. The van der Waals surface area contributed by atoms with Crippen LogP contribution < -0.4 is 10.6 Å².